The average molecular weight is 519 g/mol. The Morgan fingerprint density at radius 1 is 0.974 bits per heavy atom. The highest BCUT2D eigenvalue weighted by Crippen LogP contribution is 2.22. The number of hydrogen-bond donors (Lipinski definition) is 1. The minimum atomic E-state index is -1.16. The van der Waals surface area contributed by atoms with E-state index in [4.69, 9.17) is 13.9 Å². The van der Waals surface area contributed by atoms with Gasteiger partial charge in [0.15, 0.2) is 0 Å². The molecule has 0 radical (unpaired) electrons. The molecule has 0 aliphatic rings. The summed E-state index contributed by atoms with van der Waals surface area (Å²) in [4.78, 5) is 29.5. The molecule has 9 heteroatoms. The highest BCUT2D eigenvalue weighted by Gasteiger charge is 2.19. The molecule has 8 nitrogen and oxygen atoms in total. The zero-order chi connectivity index (χ0) is 26.9. The lowest BCUT2D eigenvalue weighted by molar-refractivity contribution is -0.138. The van der Waals surface area contributed by atoms with Gasteiger partial charge in [-0.15, -0.1) is 0 Å². The summed E-state index contributed by atoms with van der Waals surface area (Å²) in [7, 11) is 0. The Hall–Kier alpha value is -4.66. The number of rotatable bonds is 11. The Balaban J connectivity index is 1.29. The van der Waals surface area contributed by atoms with Gasteiger partial charge in [0.25, 0.3) is 0 Å². The van der Waals surface area contributed by atoms with E-state index in [9.17, 15) is 19.1 Å². The Morgan fingerprint density at radius 2 is 1.66 bits per heavy atom. The van der Waals surface area contributed by atoms with Crippen molar-refractivity contribution in [3.8, 4) is 17.2 Å². The Kier molecular flexibility index (Phi) is 8.71. The van der Waals surface area contributed by atoms with Crippen LogP contribution < -0.4 is 4.74 Å². The average Bonchev–Trinajstić information content (AvgIpc) is 3.29. The third-order valence-electron chi connectivity index (χ3n) is 5.68. The molecule has 0 saturated carbocycles. The van der Waals surface area contributed by atoms with Gasteiger partial charge in [0.05, 0.1) is 12.3 Å². The van der Waals surface area contributed by atoms with Gasteiger partial charge >= 0.3 is 12.1 Å². The molecular weight excluding hydrogens is 491 g/mol. The third kappa shape index (κ3) is 7.42. The number of carbonyl (C=O) groups is 2. The molecule has 0 atom stereocenters. The van der Waals surface area contributed by atoms with E-state index in [0.29, 0.717) is 35.8 Å². The molecule has 0 fully saturated rings. The van der Waals surface area contributed by atoms with Crippen LogP contribution >= 0.6 is 0 Å². The van der Waals surface area contributed by atoms with Crippen LogP contribution in [0.1, 0.15) is 22.6 Å². The van der Waals surface area contributed by atoms with Crippen molar-refractivity contribution in [2.24, 2.45) is 0 Å². The Labute approximate surface area is 219 Å². The highest BCUT2D eigenvalue weighted by molar-refractivity contribution is 5.76. The zero-order valence-electron chi connectivity index (χ0n) is 20.8. The summed E-state index contributed by atoms with van der Waals surface area (Å²) in [6, 6.07) is 22.2. The van der Waals surface area contributed by atoms with Crippen LogP contribution in [0.3, 0.4) is 0 Å². The van der Waals surface area contributed by atoms with E-state index in [-0.39, 0.29) is 13.2 Å². The quantitative estimate of drug-likeness (QED) is 0.274. The first kappa shape index (κ1) is 26.4. The number of aromatic nitrogens is 1. The van der Waals surface area contributed by atoms with E-state index < -0.39 is 24.4 Å². The van der Waals surface area contributed by atoms with Crippen LogP contribution in [0.15, 0.2) is 83.3 Å². The van der Waals surface area contributed by atoms with E-state index in [1.807, 2.05) is 37.3 Å². The lowest BCUT2D eigenvalue weighted by atomic mass is 10.2. The highest BCUT2D eigenvalue weighted by atomic mass is 19.1. The molecule has 0 aliphatic heterocycles. The van der Waals surface area contributed by atoms with E-state index in [2.05, 4.69) is 4.98 Å². The van der Waals surface area contributed by atoms with Gasteiger partial charge < -0.3 is 19.0 Å². The van der Waals surface area contributed by atoms with E-state index in [1.165, 1.54) is 24.3 Å². The molecule has 38 heavy (non-hydrogen) atoms. The van der Waals surface area contributed by atoms with Crippen LogP contribution in [0.4, 0.5) is 9.18 Å². The van der Waals surface area contributed by atoms with Crippen LogP contribution in [-0.2, 0) is 29.1 Å². The molecule has 196 valence electrons. The summed E-state index contributed by atoms with van der Waals surface area (Å²) < 4.78 is 29.9. The number of aryl methyl sites for hydroxylation is 1. The third-order valence-corrected chi connectivity index (χ3v) is 5.68. The monoisotopic (exact) mass is 518 g/mol. The summed E-state index contributed by atoms with van der Waals surface area (Å²) in [5.41, 5.74) is 3.03. The van der Waals surface area contributed by atoms with Gasteiger partial charge in [0.2, 0.25) is 5.89 Å². The maximum absolute atomic E-state index is 13.1. The molecule has 0 unspecified atom stereocenters. The minimum absolute atomic E-state index is 0.0369. The first-order valence-electron chi connectivity index (χ1n) is 12.0. The van der Waals surface area contributed by atoms with Crippen molar-refractivity contribution < 1.29 is 33.0 Å². The predicted molar refractivity (Wildman–Crippen MR) is 137 cm³/mol. The van der Waals surface area contributed by atoms with E-state index >= 15 is 0 Å². The molecule has 1 N–H and O–H groups in total. The van der Waals surface area contributed by atoms with Gasteiger partial charge in [-0.25, -0.2) is 14.2 Å². The van der Waals surface area contributed by atoms with Crippen LogP contribution in [0.2, 0.25) is 0 Å². The van der Waals surface area contributed by atoms with Crippen molar-refractivity contribution in [2.45, 2.75) is 26.5 Å². The van der Waals surface area contributed by atoms with E-state index in [1.54, 1.807) is 24.3 Å². The second kappa shape index (κ2) is 12.5. The van der Waals surface area contributed by atoms with Gasteiger partial charge in [0, 0.05) is 18.5 Å². The lowest BCUT2D eigenvalue weighted by Crippen LogP contribution is -2.35. The van der Waals surface area contributed by atoms with Crippen molar-refractivity contribution >= 4 is 12.1 Å². The zero-order valence-corrected chi connectivity index (χ0v) is 20.8. The van der Waals surface area contributed by atoms with Crippen molar-refractivity contribution in [3.63, 3.8) is 0 Å². The topological polar surface area (TPSA) is 102 Å². The Morgan fingerprint density at radius 3 is 2.34 bits per heavy atom. The number of hydrogen-bond acceptors (Lipinski definition) is 6. The summed E-state index contributed by atoms with van der Waals surface area (Å²) in [6.45, 7) is 1.68. The molecule has 0 aliphatic carbocycles. The fourth-order valence-electron chi connectivity index (χ4n) is 3.71. The van der Waals surface area contributed by atoms with Crippen LogP contribution in [-0.4, -0.2) is 40.2 Å². The largest absolute Gasteiger partial charge is 0.493 e. The normalized spacial score (nSPS) is 10.7. The number of benzene rings is 3. The molecule has 0 spiro atoms. The molecule has 3 aromatic carbocycles. The number of amides is 1. The van der Waals surface area contributed by atoms with Gasteiger partial charge in [-0.1, -0.05) is 42.5 Å². The molecule has 4 rings (SSSR count). The summed E-state index contributed by atoms with van der Waals surface area (Å²) in [6.07, 6.45) is -0.217. The summed E-state index contributed by atoms with van der Waals surface area (Å²) in [5.74, 6) is 0.381. The van der Waals surface area contributed by atoms with E-state index in [0.717, 1.165) is 21.9 Å². The summed E-state index contributed by atoms with van der Waals surface area (Å²) >= 11 is 0. The number of carboxylic acids is 1. The molecule has 4 aromatic rings. The van der Waals surface area contributed by atoms with Crippen LogP contribution in [0, 0.1) is 12.7 Å². The Bertz CT molecular complexity index is 1350. The van der Waals surface area contributed by atoms with Crippen molar-refractivity contribution in [2.75, 3.05) is 13.2 Å². The first-order valence-corrected chi connectivity index (χ1v) is 12.0. The second-order valence-electron chi connectivity index (χ2n) is 8.56. The smallest absolute Gasteiger partial charge is 0.410 e. The summed E-state index contributed by atoms with van der Waals surface area (Å²) in [5, 5.41) is 9.22. The van der Waals surface area contributed by atoms with Crippen molar-refractivity contribution in [3.05, 3.63) is 107 Å². The molecule has 0 saturated heterocycles. The van der Waals surface area contributed by atoms with Crippen LogP contribution in [0.25, 0.3) is 11.5 Å². The minimum Gasteiger partial charge on any atom is -0.493 e. The SMILES string of the molecule is Cc1oc(-c2ccccc2)nc1CCOc1ccc(CN(CC(=O)O)C(=O)OCc2ccc(F)cc2)cc1. The number of carbonyl (C=O) groups excluding carboxylic acids is 1. The maximum Gasteiger partial charge on any atom is 0.410 e. The number of ether oxygens (including phenoxy) is 2. The van der Waals surface area contributed by atoms with Gasteiger partial charge in [-0.3, -0.25) is 9.69 Å². The van der Waals surface area contributed by atoms with Crippen LogP contribution in [0.5, 0.6) is 5.75 Å². The number of carboxylic acid groups (broad SMARTS) is 1. The number of oxazole rings is 1. The fraction of sp³-hybridized carbons (Fsp3) is 0.207. The standard InChI is InChI=1S/C29H27FN2O6/c1-20-26(31-28(38-20)23-5-3-2-4-6-23)15-16-36-25-13-9-21(10-14-25)17-32(18-27(33)34)29(35)37-19-22-7-11-24(30)12-8-22/h2-14H,15-19H2,1H3,(H,33,34). The van der Waals surface area contributed by atoms with Crippen molar-refractivity contribution in [1.29, 1.82) is 0 Å². The fourth-order valence-corrected chi connectivity index (χ4v) is 3.71. The van der Waals surface area contributed by atoms with Crippen molar-refractivity contribution in [1.82, 2.24) is 9.88 Å². The first-order chi connectivity index (χ1) is 18.4. The predicted octanol–water partition coefficient (Wildman–Crippen LogP) is 5.63. The molecule has 0 bridgehead atoms. The maximum atomic E-state index is 13.1. The number of aliphatic carboxylic acids is 1. The molecule has 1 heterocycles. The van der Waals surface area contributed by atoms with Gasteiger partial charge in [-0.05, 0) is 54.4 Å². The van der Waals surface area contributed by atoms with Gasteiger partial charge in [-0.2, -0.15) is 0 Å². The molecular formula is C29H27FN2O6. The molecule has 1 aromatic heterocycles. The van der Waals surface area contributed by atoms with Gasteiger partial charge in [0.1, 0.15) is 30.5 Å². The number of nitrogens with zero attached hydrogens (tertiary/aromatic N) is 2. The second-order valence-corrected chi connectivity index (χ2v) is 8.56. The number of halogens is 1. The molecule has 1 amide bonds. The lowest BCUT2D eigenvalue weighted by Gasteiger charge is -2.20.